The molecule has 1 saturated heterocycles. The van der Waals surface area contributed by atoms with Crippen molar-refractivity contribution >= 4 is 5.97 Å². The third-order valence-corrected chi connectivity index (χ3v) is 3.16. The predicted octanol–water partition coefficient (Wildman–Crippen LogP) is 3.09. The zero-order chi connectivity index (χ0) is 12.9. The van der Waals surface area contributed by atoms with E-state index >= 15 is 0 Å². The van der Waals surface area contributed by atoms with Crippen LogP contribution in [0.25, 0.3) is 0 Å². The molecule has 0 radical (unpaired) electrons. The van der Waals surface area contributed by atoms with E-state index in [0.717, 1.165) is 19.3 Å². The Kier molecular flexibility index (Phi) is 5.19. The topological polar surface area (TPSA) is 38.8 Å². The van der Waals surface area contributed by atoms with E-state index in [2.05, 4.69) is 20.8 Å². The molecule has 98 valence electrons. The quantitative estimate of drug-likeness (QED) is 0.390. The van der Waals surface area contributed by atoms with Gasteiger partial charge in [0.1, 0.15) is 0 Å². The van der Waals surface area contributed by atoms with Crippen LogP contribution in [0.5, 0.6) is 0 Å². The molecule has 2 atom stereocenters. The van der Waals surface area contributed by atoms with Crippen molar-refractivity contribution in [2.45, 2.75) is 58.7 Å². The average Bonchev–Trinajstić information content (AvgIpc) is 2.84. The van der Waals surface area contributed by atoms with E-state index < -0.39 is 0 Å². The van der Waals surface area contributed by atoms with Crippen LogP contribution in [0.4, 0.5) is 0 Å². The second-order valence-corrected chi connectivity index (χ2v) is 5.28. The average molecular weight is 240 g/mol. The molecule has 0 bridgehead atoms. The summed E-state index contributed by atoms with van der Waals surface area (Å²) in [4.78, 5) is 11.1. The number of carbonyl (C=O) groups is 1. The number of epoxide rings is 1. The van der Waals surface area contributed by atoms with Crippen molar-refractivity contribution in [2.24, 2.45) is 5.92 Å². The van der Waals surface area contributed by atoms with Crippen LogP contribution in [0.2, 0.25) is 0 Å². The largest absolute Gasteiger partial charge is 0.463 e. The molecule has 17 heavy (non-hydrogen) atoms. The molecule has 1 fully saturated rings. The van der Waals surface area contributed by atoms with Crippen LogP contribution in [0.15, 0.2) is 12.2 Å². The second kappa shape index (κ2) is 6.20. The van der Waals surface area contributed by atoms with Crippen LogP contribution in [-0.4, -0.2) is 24.3 Å². The fraction of sp³-hybridized carbons (Fsp3) is 0.786. The Morgan fingerprint density at radius 2 is 2.18 bits per heavy atom. The van der Waals surface area contributed by atoms with Crippen molar-refractivity contribution in [2.75, 3.05) is 6.61 Å². The van der Waals surface area contributed by atoms with Gasteiger partial charge in [0.05, 0.1) is 18.3 Å². The van der Waals surface area contributed by atoms with E-state index in [0.29, 0.717) is 18.6 Å². The lowest BCUT2D eigenvalue weighted by Gasteiger charge is -2.07. The summed E-state index contributed by atoms with van der Waals surface area (Å²) in [6.45, 7) is 8.70. The Labute approximate surface area is 104 Å². The molecule has 0 saturated carbocycles. The van der Waals surface area contributed by atoms with Gasteiger partial charge in [-0.2, -0.15) is 0 Å². The summed E-state index contributed by atoms with van der Waals surface area (Å²) < 4.78 is 10.4. The van der Waals surface area contributed by atoms with Crippen molar-refractivity contribution in [3.05, 3.63) is 12.2 Å². The molecule has 0 aromatic carbocycles. The monoisotopic (exact) mass is 240 g/mol. The van der Waals surface area contributed by atoms with Gasteiger partial charge in [-0.3, -0.25) is 0 Å². The van der Waals surface area contributed by atoms with Gasteiger partial charge >= 0.3 is 5.97 Å². The molecule has 0 amide bonds. The molecule has 3 nitrogen and oxygen atoms in total. The van der Waals surface area contributed by atoms with Gasteiger partial charge < -0.3 is 9.47 Å². The van der Waals surface area contributed by atoms with Crippen molar-refractivity contribution < 1.29 is 14.3 Å². The van der Waals surface area contributed by atoms with E-state index in [1.54, 1.807) is 0 Å². The number of rotatable bonds is 7. The van der Waals surface area contributed by atoms with Gasteiger partial charge in [-0.05, 0) is 46.0 Å². The van der Waals surface area contributed by atoms with Crippen LogP contribution in [0.1, 0.15) is 47.0 Å². The molecule has 0 aromatic rings. The first kappa shape index (κ1) is 14.2. The molecule has 0 spiro atoms. The molecular weight excluding hydrogens is 216 g/mol. The lowest BCUT2D eigenvalue weighted by atomic mass is 9.97. The van der Waals surface area contributed by atoms with Crippen LogP contribution in [0.3, 0.4) is 0 Å². The molecule has 0 aromatic heterocycles. The van der Waals surface area contributed by atoms with Gasteiger partial charge in [-0.1, -0.05) is 13.0 Å². The zero-order valence-electron chi connectivity index (χ0n) is 11.4. The van der Waals surface area contributed by atoms with Gasteiger partial charge in [-0.25, -0.2) is 4.79 Å². The third-order valence-electron chi connectivity index (χ3n) is 3.16. The molecule has 1 aliphatic rings. The summed E-state index contributed by atoms with van der Waals surface area (Å²) in [5.41, 5.74) is 0.0977. The van der Waals surface area contributed by atoms with Gasteiger partial charge in [0.15, 0.2) is 0 Å². The molecule has 1 aliphatic heterocycles. The van der Waals surface area contributed by atoms with E-state index in [1.165, 1.54) is 6.08 Å². The zero-order valence-corrected chi connectivity index (χ0v) is 11.4. The van der Waals surface area contributed by atoms with Gasteiger partial charge in [-0.15, -0.1) is 0 Å². The van der Waals surface area contributed by atoms with Crippen LogP contribution < -0.4 is 0 Å². The number of ether oxygens (including phenoxy) is 2. The highest BCUT2D eigenvalue weighted by molar-refractivity contribution is 5.81. The second-order valence-electron chi connectivity index (χ2n) is 5.28. The Hall–Kier alpha value is -0.830. The van der Waals surface area contributed by atoms with Crippen LogP contribution in [0, 0.1) is 5.92 Å². The Morgan fingerprint density at radius 3 is 2.71 bits per heavy atom. The standard InChI is InChI=1S/C14H24O3/c1-5-16-13(15)8-6-7-11(2)9-10-12-14(3,4)17-12/h6,8,11-12H,5,7,9-10H2,1-4H3/t11-,12+/m0/s1. The minimum absolute atomic E-state index is 0.0977. The van der Waals surface area contributed by atoms with Crippen molar-refractivity contribution in [3.63, 3.8) is 0 Å². The van der Waals surface area contributed by atoms with Crippen molar-refractivity contribution in [1.82, 2.24) is 0 Å². The highest BCUT2D eigenvalue weighted by atomic mass is 16.6. The fourth-order valence-electron chi connectivity index (χ4n) is 1.88. The van der Waals surface area contributed by atoms with E-state index in [-0.39, 0.29) is 11.6 Å². The maximum Gasteiger partial charge on any atom is 0.330 e. The first-order valence-electron chi connectivity index (χ1n) is 6.46. The van der Waals surface area contributed by atoms with E-state index in [4.69, 9.17) is 9.47 Å². The highest BCUT2D eigenvalue weighted by Crippen LogP contribution is 2.39. The first-order valence-corrected chi connectivity index (χ1v) is 6.46. The SMILES string of the molecule is CCOC(=O)C=CC[C@H](C)CC[C@H]1OC1(C)C. The summed E-state index contributed by atoms with van der Waals surface area (Å²) >= 11 is 0. The molecule has 1 rings (SSSR count). The first-order chi connectivity index (χ1) is 7.95. The summed E-state index contributed by atoms with van der Waals surface area (Å²) in [5.74, 6) is 0.340. The Balaban J connectivity index is 2.09. The summed E-state index contributed by atoms with van der Waals surface area (Å²) in [6, 6.07) is 0. The van der Waals surface area contributed by atoms with Crippen molar-refractivity contribution in [1.29, 1.82) is 0 Å². The summed E-state index contributed by atoms with van der Waals surface area (Å²) in [5, 5.41) is 0. The highest BCUT2D eigenvalue weighted by Gasteiger charge is 2.46. The normalized spacial score (nSPS) is 23.6. The Morgan fingerprint density at radius 1 is 1.53 bits per heavy atom. The summed E-state index contributed by atoms with van der Waals surface area (Å²) in [6.07, 6.45) is 7.03. The maximum atomic E-state index is 11.1. The van der Waals surface area contributed by atoms with E-state index in [1.807, 2.05) is 13.0 Å². The van der Waals surface area contributed by atoms with Gasteiger partial charge in [0.25, 0.3) is 0 Å². The van der Waals surface area contributed by atoms with Crippen molar-refractivity contribution in [3.8, 4) is 0 Å². The molecule has 0 N–H and O–H groups in total. The minimum atomic E-state index is -0.244. The van der Waals surface area contributed by atoms with Gasteiger partial charge in [0.2, 0.25) is 0 Å². The number of hydrogen-bond donors (Lipinski definition) is 0. The van der Waals surface area contributed by atoms with Crippen LogP contribution >= 0.6 is 0 Å². The number of hydrogen-bond acceptors (Lipinski definition) is 3. The van der Waals surface area contributed by atoms with Crippen LogP contribution in [-0.2, 0) is 14.3 Å². The predicted molar refractivity (Wildman–Crippen MR) is 67.7 cm³/mol. The molecule has 0 aliphatic carbocycles. The molecule has 1 heterocycles. The van der Waals surface area contributed by atoms with E-state index in [9.17, 15) is 4.79 Å². The Bertz CT molecular complexity index is 281. The van der Waals surface area contributed by atoms with Gasteiger partial charge in [0, 0.05) is 6.08 Å². The molecular formula is C14H24O3. The smallest absolute Gasteiger partial charge is 0.330 e. The lowest BCUT2D eigenvalue weighted by Crippen LogP contribution is -2.05. The number of esters is 1. The molecule has 3 heteroatoms. The number of allylic oxidation sites excluding steroid dienone is 1. The summed E-state index contributed by atoms with van der Waals surface area (Å²) in [7, 11) is 0. The third kappa shape index (κ3) is 5.35. The molecule has 0 unspecified atom stereocenters. The minimum Gasteiger partial charge on any atom is -0.463 e. The lowest BCUT2D eigenvalue weighted by molar-refractivity contribution is -0.137. The fourth-order valence-corrected chi connectivity index (χ4v) is 1.88. The maximum absolute atomic E-state index is 11.1. The number of carbonyl (C=O) groups excluding carboxylic acids is 1.